The van der Waals surface area contributed by atoms with Crippen LogP contribution in [-0.2, 0) is 9.47 Å². The highest BCUT2D eigenvalue weighted by Gasteiger charge is 2.27. The SMILES string of the molecule is [2H]C(C)(C)NC(=O)OCC(CCC)(C([2H])([2H])[2H])C([2H])([2H])OC(N)=O. The second kappa shape index (κ2) is 7.79. The van der Waals surface area contributed by atoms with Crippen molar-refractivity contribution in [2.24, 2.45) is 11.1 Å². The molecule has 0 aliphatic heterocycles. The first-order valence-corrected chi connectivity index (χ1v) is 5.51. The monoisotopic (exact) mass is 266 g/mol. The Morgan fingerprint density at radius 2 is 2.22 bits per heavy atom. The van der Waals surface area contributed by atoms with E-state index in [4.69, 9.17) is 18.7 Å². The summed E-state index contributed by atoms with van der Waals surface area (Å²) in [5, 5.41) is 2.14. The molecule has 0 aromatic heterocycles. The lowest BCUT2D eigenvalue weighted by Crippen LogP contribution is -2.37. The Bertz CT molecular complexity index is 463. The van der Waals surface area contributed by atoms with Crippen molar-refractivity contribution in [1.29, 1.82) is 0 Å². The third kappa shape index (κ3) is 7.76. The minimum atomic E-state index is -3.00. The van der Waals surface area contributed by atoms with Crippen molar-refractivity contribution in [3.05, 3.63) is 0 Å². The summed E-state index contributed by atoms with van der Waals surface area (Å²) in [7, 11) is 0. The minimum absolute atomic E-state index is 0.217. The van der Waals surface area contributed by atoms with Gasteiger partial charge in [-0.3, -0.25) is 0 Å². The van der Waals surface area contributed by atoms with Crippen molar-refractivity contribution in [3.63, 3.8) is 0 Å². The molecule has 0 aromatic rings. The van der Waals surface area contributed by atoms with E-state index < -0.39 is 43.6 Å². The van der Waals surface area contributed by atoms with Gasteiger partial charge in [0.2, 0.25) is 0 Å². The summed E-state index contributed by atoms with van der Waals surface area (Å²) >= 11 is 0. The molecule has 0 heterocycles. The highest BCUT2D eigenvalue weighted by atomic mass is 16.6. The lowest BCUT2D eigenvalue weighted by molar-refractivity contribution is 0.0333. The maximum atomic E-state index is 11.7. The number of nitrogens with two attached hydrogens (primary N) is 1. The average molecular weight is 266 g/mol. The zero-order chi connectivity index (χ0) is 19.4. The van der Waals surface area contributed by atoms with Crippen molar-refractivity contribution in [2.75, 3.05) is 13.2 Å². The molecule has 1 atom stereocenters. The maximum absolute atomic E-state index is 11.7. The maximum Gasteiger partial charge on any atom is 0.407 e. The van der Waals surface area contributed by atoms with Gasteiger partial charge in [0.15, 0.2) is 0 Å². The van der Waals surface area contributed by atoms with E-state index in [-0.39, 0.29) is 12.8 Å². The summed E-state index contributed by atoms with van der Waals surface area (Å²) in [6, 6.07) is -1.37. The molecule has 0 saturated heterocycles. The van der Waals surface area contributed by atoms with Crippen LogP contribution in [0.4, 0.5) is 9.59 Å². The number of ether oxygens (including phenoxy) is 2. The lowest BCUT2D eigenvalue weighted by atomic mass is 9.87. The second-order valence-corrected chi connectivity index (χ2v) is 4.06. The van der Waals surface area contributed by atoms with Crippen molar-refractivity contribution in [2.45, 2.75) is 46.5 Å². The zero-order valence-electron chi connectivity index (χ0n) is 16.8. The second-order valence-electron chi connectivity index (χ2n) is 4.06. The summed E-state index contributed by atoms with van der Waals surface area (Å²) < 4.78 is 55.5. The van der Waals surface area contributed by atoms with Gasteiger partial charge >= 0.3 is 12.2 Å². The van der Waals surface area contributed by atoms with Crippen LogP contribution in [-0.4, -0.2) is 31.4 Å². The molecule has 0 bridgehead atoms. The predicted octanol–water partition coefficient (Wildman–Crippen LogP) is 2.02. The van der Waals surface area contributed by atoms with Crippen molar-refractivity contribution >= 4 is 12.2 Å². The molecule has 0 saturated carbocycles. The van der Waals surface area contributed by atoms with Crippen molar-refractivity contribution in [3.8, 4) is 0 Å². The molecule has 0 rings (SSSR count). The molecule has 0 aromatic carbocycles. The number of alkyl carbamates (subject to hydrolysis) is 1. The van der Waals surface area contributed by atoms with E-state index in [1.54, 1.807) is 6.92 Å². The van der Waals surface area contributed by atoms with Gasteiger partial charge in [-0.15, -0.1) is 0 Å². The molecule has 0 spiro atoms. The van der Waals surface area contributed by atoms with E-state index >= 15 is 0 Å². The van der Waals surface area contributed by atoms with Crippen molar-refractivity contribution in [1.82, 2.24) is 5.32 Å². The third-order valence-electron chi connectivity index (χ3n) is 1.83. The first kappa shape index (κ1) is 8.61. The number of carbonyl (C=O) groups is 2. The van der Waals surface area contributed by atoms with Gasteiger partial charge < -0.3 is 20.5 Å². The zero-order valence-corrected chi connectivity index (χ0v) is 10.8. The van der Waals surface area contributed by atoms with E-state index in [0.717, 1.165) is 0 Å². The van der Waals surface area contributed by atoms with Crippen LogP contribution >= 0.6 is 0 Å². The van der Waals surface area contributed by atoms with Gasteiger partial charge in [0.1, 0.15) is 13.2 Å². The van der Waals surface area contributed by atoms with Gasteiger partial charge in [0, 0.05) is 15.5 Å². The fourth-order valence-corrected chi connectivity index (χ4v) is 1.16. The average Bonchev–Trinajstić information content (AvgIpc) is 2.28. The van der Waals surface area contributed by atoms with Crippen molar-refractivity contribution < 1.29 is 27.3 Å². The van der Waals surface area contributed by atoms with Crippen LogP contribution in [0.2, 0.25) is 0 Å². The summed E-state index contributed by atoms with van der Waals surface area (Å²) in [5.74, 6) is 0. The molecule has 106 valence electrons. The fourth-order valence-electron chi connectivity index (χ4n) is 1.16. The highest BCUT2D eigenvalue weighted by Crippen LogP contribution is 2.24. The smallest absolute Gasteiger partial charge is 0.407 e. The molecule has 0 aliphatic rings. The lowest BCUT2D eigenvalue weighted by Gasteiger charge is -2.27. The molecule has 6 nitrogen and oxygen atoms in total. The van der Waals surface area contributed by atoms with E-state index in [0.29, 0.717) is 0 Å². The Kier molecular flexibility index (Phi) is 3.72. The topological polar surface area (TPSA) is 90.7 Å². The Balaban J connectivity index is 5.63. The Hall–Kier alpha value is -1.46. The molecule has 18 heavy (non-hydrogen) atoms. The van der Waals surface area contributed by atoms with E-state index in [1.165, 1.54) is 13.8 Å². The van der Waals surface area contributed by atoms with Crippen LogP contribution in [0, 0.1) is 5.41 Å². The molecule has 0 fully saturated rings. The van der Waals surface area contributed by atoms with Gasteiger partial charge in [-0.1, -0.05) is 20.2 Å². The van der Waals surface area contributed by atoms with E-state index in [2.05, 4.69) is 10.1 Å². The summed E-state index contributed by atoms with van der Waals surface area (Å²) in [4.78, 5) is 22.6. The number of rotatable bonds is 7. The number of hydrogen-bond acceptors (Lipinski definition) is 4. The van der Waals surface area contributed by atoms with Gasteiger partial charge in [-0.05, 0) is 20.3 Å². The van der Waals surface area contributed by atoms with Crippen LogP contribution in [0.5, 0.6) is 0 Å². The number of amides is 2. The quantitative estimate of drug-likeness (QED) is 0.737. The minimum Gasteiger partial charge on any atom is -0.449 e. The van der Waals surface area contributed by atoms with Gasteiger partial charge in [-0.2, -0.15) is 0 Å². The summed E-state index contributed by atoms with van der Waals surface area (Å²) in [6.07, 6.45) is -2.62. The first-order chi connectivity index (χ1) is 10.6. The third-order valence-corrected chi connectivity index (χ3v) is 1.83. The molecule has 1 unspecified atom stereocenters. The molecule has 6 heteroatoms. The van der Waals surface area contributed by atoms with Crippen LogP contribution in [0.1, 0.15) is 48.7 Å². The van der Waals surface area contributed by atoms with Crippen LogP contribution in [0.25, 0.3) is 0 Å². The molecule has 0 radical (unpaired) electrons. The molecule has 2 amide bonds. The van der Waals surface area contributed by atoms with E-state index in [9.17, 15) is 9.59 Å². The summed E-state index contributed by atoms with van der Waals surface area (Å²) in [6.45, 7) is -2.51. The standard InChI is InChI=1S/C12H24N2O4/c1-5-6-12(4,7-17-10(13)15)8-18-11(16)14-9(2)3/h9H,5-8H2,1-4H3,(H2,13,15)(H,14,16)/i4D3,7D2,9D. The number of carbonyl (C=O) groups excluding carboxylic acids is 2. The predicted molar refractivity (Wildman–Crippen MR) is 68.2 cm³/mol. The van der Waals surface area contributed by atoms with Crippen LogP contribution in [0.3, 0.4) is 0 Å². The molecule has 0 aliphatic carbocycles. The van der Waals surface area contributed by atoms with Gasteiger partial charge in [-0.25, -0.2) is 9.59 Å². The molecular formula is C12H24N2O4. The fraction of sp³-hybridized carbons (Fsp3) is 0.833. The normalized spacial score (nSPS) is 20.8. The van der Waals surface area contributed by atoms with E-state index in [1.807, 2.05) is 0 Å². The number of nitrogens with one attached hydrogen (secondary N) is 1. The first-order valence-electron chi connectivity index (χ1n) is 8.51. The Morgan fingerprint density at radius 3 is 2.67 bits per heavy atom. The Morgan fingerprint density at radius 1 is 1.56 bits per heavy atom. The summed E-state index contributed by atoms with van der Waals surface area (Å²) in [5.41, 5.74) is 2.51. The van der Waals surface area contributed by atoms with Gasteiger partial charge in [0.05, 0.1) is 4.11 Å². The van der Waals surface area contributed by atoms with Crippen LogP contribution < -0.4 is 11.1 Å². The molecular weight excluding hydrogens is 236 g/mol. The van der Waals surface area contributed by atoms with Gasteiger partial charge in [0.25, 0.3) is 0 Å². The van der Waals surface area contributed by atoms with Crippen LogP contribution in [0.15, 0.2) is 0 Å². The number of hydrogen-bond donors (Lipinski definition) is 2. The highest BCUT2D eigenvalue weighted by molar-refractivity contribution is 5.67. The molecule has 3 N–H and O–H groups in total. The Labute approximate surface area is 117 Å². The number of primary amides is 1. The largest absolute Gasteiger partial charge is 0.449 e.